The summed E-state index contributed by atoms with van der Waals surface area (Å²) >= 11 is 3.41. The Labute approximate surface area is 154 Å². The van der Waals surface area contributed by atoms with Crippen LogP contribution in [0.5, 0.6) is 0 Å². The number of hydrogen-bond acceptors (Lipinski definition) is 4. The van der Waals surface area contributed by atoms with E-state index in [9.17, 15) is 13.2 Å². The number of nitrogens with two attached hydrogens (primary N) is 1. The predicted molar refractivity (Wildman–Crippen MR) is 98.9 cm³/mol. The van der Waals surface area contributed by atoms with Crippen molar-refractivity contribution >= 4 is 43.1 Å². The molecule has 0 bridgehead atoms. The van der Waals surface area contributed by atoms with Crippen LogP contribution in [0.3, 0.4) is 0 Å². The number of hydrogen-bond donors (Lipinski definition) is 1. The number of ketones is 1. The molecule has 2 aromatic rings. The Kier molecular flexibility index (Phi) is 4.35. The van der Waals surface area contributed by atoms with E-state index in [0.717, 1.165) is 10.0 Å². The van der Waals surface area contributed by atoms with Crippen LogP contribution in [0.15, 0.2) is 57.9 Å². The molecular weight excluding hydrogens is 406 g/mol. The summed E-state index contributed by atoms with van der Waals surface area (Å²) in [5, 5.41) is 5.13. The van der Waals surface area contributed by atoms with Crippen molar-refractivity contribution in [3.63, 3.8) is 0 Å². The molecule has 1 aliphatic heterocycles. The number of carbonyl (C=O) groups is 1. The van der Waals surface area contributed by atoms with Crippen molar-refractivity contribution in [2.24, 2.45) is 5.14 Å². The van der Waals surface area contributed by atoms with Gasteiger partial charge in [-0.2, -0.15) is 0 Å². The smallest absolute Gasteiger partial charge is 0.238 e. The fourth-order valence-corrected chi connectivity index (χ4v) is 3.58. The van der Waals surface area contributed by atoms with E-state index in [0.29, 0.717) is 16.9 Å². The second-order valence-corrected chi connectivity index (χ2v) is 8.70. The molecule has 130 valence electrons. The molecule has 2 aromatic carbocycles. The van der Waals surface area contributed by atoms with Gasteiger partial charge in [-0.05, 0) is 55.8 Å². The number of sulfonamides is 1. The minimum Gasteiger partial charge on any atom is -0.478 e. The Morgan fingerprint density at radius 1 is 1.04 bits per heavy atom. The molecule has 0 saturated carbocycles. The molecule has 0 saturated heterocycles. The zero-order valence-electron chi connectivity index (χ0n) is 13.6. The Bertz CT molecular complexity index is 992. The Balaban J connectivity index is 2.17. The van der Waals surface area contributed by atoms with Crippen LogP contribution in [-0.2, 0) is 19.6 Å². The van der Waals surface area contributed by atoms with Gasteiger partial charge in [0, 0.05) is 10.0 Å². The third-order valence-corrected chi connectivity index (χ3v) is 5.34. The minimum atomic E-state index is -3.78. The number of benzene rings is 2. The molecule has 7 heteroatoms. The number of carbonyl (C=O) groups excluding carboxylic acids is 1. The van der Waals surface area contributed by atoms with E-state index in [1.54, 1.807) is 26.0 Å². The van der Waals surface area contributed by atoms with Crippen LogP contribution >= 0.6 is 15.9 Å². The first-order chi connectivity index (χ1) is 11.6. The normalized spacial score (nSPS) is 16.9. The number of ether oxygens (including phenoxy) is 1. The average molecular weight is 422 g/mol. The van der Waals surface area contributed by atoms with Crippen LogP contribution in [0.25, 0.3) is 11.3 Å². The van der Waals surface area contributed by atoms with Gasteiger partial charge in [0.2, 0.25) is 15.8 Å². The van der Waals surface area contributed by atoms with Crippen molar-refractivity contribution in [2.45, 2.75) is 24.3 Å². The number of Topliss-reactive ketones (excluding diaryl/α,β-unsaturated/α-hetero) is 1. The highest BCUT2D eigenvalue weighted by atomic mass is 79.9. The van der Waals surface area contributed by atoms with Crippen LogP contribution in [0.2, 0.25) is 0 Å². The van der Waals surface area contributed by atoms with Crippen molar-refractivity contribution in [2.75, 3.05) is 0 Å². The molecule has 0 amide bonds. The van der Waals surface area contributed by atoms with Gasteiger partial charge in [0.25, 0.3) is 0 Å². The van der Waals surface area contributed by atoms with Gasteiger partial charge in [-0.15, -0.1) is 0 Å². The monoisotopic (exact) mass is 421 g/mol. The van der Waals surface area contributed by atoms with Crippen LogP contribution in [0.1, 0.15) is 25.0 Å². The molecule has 2 N–H and O–H groups in total. The van der Waals surface area contributed by atoms with E-state index >= 15 is 0 Å². The Morgan fingerprint density at radius 3 is 2.24 bits per heavy atom. The highest BCUT2D eigenvalue weighted by molar-refractivity contribution is 9.10. The molecule has 25 heavy (non-hydrogen) atoms. The second-order valence-electron chi connectivity index (χ2n) is 6.23. The van der Waals surface area contributed by atoms with E-state index in [1.807, 2.05) is 24.3 Å². The van der Waals surface area contributed by atoms with Gasteiger partial charge in [0.15, 0.2) is 5.60 Å². The summed E-state index contributed by atoms with van der Waals surface area (Å²) in [6, 6.07) is 13.4. The molecule has 1 aliphatic rings. The lowest BCUT2D eigenvalue weighted by Crippen LogP contribution is -2.29. The second kappa shape index (κ2) is 6.09. The van der Waals surface area contributed by atoms with Crippen LogP contribution in [0.4, 0.5) is 0 Å². The zero-order chi connectivity index (χ0) is 18.4. The SMILES string of the molecule is CC1(C)OC(c2ccc(S(N)(=O)=O)cc2)=C(c2cccc(Br)c2)C1=O. The van der Waals surface area contributed by atoms with E-state index in [-0.39, 0.29) is 10.7 Å². The third kappa shape index (κ3) is 3.40. The fraction of sp³-hybridized carbons (Fsp3) is 0.167. The summed E-state index contributed by atoms with van der Waals surface area (Å²) < 4.78 is 29.6. The first kappa shape index (κ1) is 17.8. The molecule has 0 unspecified atom stereocenters. The summed E-state index contributed by atoms with van der Waals surface area (Å²) in [5.74, 6) is 0.296. The van der Waals surface area contributed by atoms with Gasteiger partial charge in [0.05, 0.1) is 10.5 Å². The molecule has 0 radical (unpaired) electrons. The molecule has 0 fully saturated rings. The standard InChI is InChI=1S/C18H16BrNO4S/c1-18(2)17(21)15(12-4-3-5-13(19)10-12)16(24-18)11-6-8-14(9-7-11)25(20,22)23/h3-10H,1-2H3,(H2,20,22,23). The van der Waals surface area contributed by atoms with Crippen LogP contribution in [0, 0.1) is 0 Å². The van der Waals surface area contributed by atoms with Crippen molar-refractivity contribution in [3.8, 4) is 0 Å². The maximum Gasteiger partial charge on any atom is 0.238 e. The highest BCUT2D eigenvalue weighted by Gasteiger charge is 2.42. The lowest BCUT2D eigenvalue weighted by atomic mass is 9.93. The molecule has 0 spiro atoms. The highest BCUT2D eigenvalue weighted by Crippen LogP contribution is 2.41. The minimum absolute atomic E-state index is 0.00411. The summed E-state index contributed by atoms with van der Waals surface area (Å²) in [4.78, 5) is 12.8. The first-order valence-electron chi connectivity index (χ1n) is 7.47. The van der Waals surface area contributed by atoms with Crippen molar-refractivity contribution in [1.29, 1.82) is 0 Å². The molecular formula is C18H16BrNO4S. The van der Waals surface area contributed by atoms with Gasteiger partial charge >= 0.3 is 0 Å². The van der Waals surface area contributed by atoms with Crippen molar-refractivity contribution < 1.29 is 17.9 Å². The maximum atomic E-state index is 12.8. The first-order valence-corrected chi connectivity index (χ1v) is 9.81. The third-order valence-electron chi connectivity index (χ3n) is 3.92. The number of primary sulfonamides is 1. The lowest BCUT2D eigenvalue weighted by Gasteiger charge is -2.17. The predicted octanol–water partition coefficient (Wildman–Crippen LogP) is 3.34. The molecule has 0 aromatic heterocycles. The molecule has 0 atom stereocenters. The average Bonchev–Trinajstić information content (AvgIpc) is 2.77. The fourth-order valence-electron chi connectivity index (χ4n) is 2.66. The van der Waals surface area contributed by atoms with Gasteiger partial charge in [0.1, 0.15) is 5.76 Å². The van der Waals surface area contributed by atoms with Crippen LogP contribution < -0.4 is 5.14 Å². The van der Waals surface area contributed by atoms with Crippen molar-refractivity contribution in [3.05, 3.63) is 64.1 Å². The topological polar surface area (TPSA) is 86.5 Å². The molecule has 3 rings (SSSR count). The molecule has 5 nitrogen and oxygen atoms in total. The lowest BCUT2D eigenvalue weighted by molar-refractivity contribution is -0.125. The van der Waals surface area contributed by atoms with E-state index < -0.39 is 15.6 Å². The van der Waals surface area contributed by atoms with E-state index in [2.05, 4.69) is 15.9 Å². The van der Waals surface area contributed by atoms with Crippen LogP contribution in [-0.4, -0.2) is 19.8 Å². The van der Waals surface area contributed by atoms with Gasteiger partial charge in [-0.3, -0.25) is 4.79 Å². The largest absolute Gasteiger partial charge is 0.478 e. The van der Waals surface area contributed by atoms with E-state index in [1.165, 1.54) is 12.1 Å². The van der Waals surface area contributed by atoms with Gasteiger partial charge in [-0.25, -0.2) is 13.6 Å². The molecule has 1 heterocycles. The Hall–Kier alpha value is -1.96. The summed E-state index contributed by atoms with van der Waals surface area (Å²) in [6.45, 7) is 3.41. The van der Waals surface area contributed by atoms with Gasteiger partial charge in [-0.1, -0.05) is 28.1 Å². The summed E-state index contributed by atoms with van der Waals surface area (Å²) in [5.41, 5.74) is 0.817. The zero-order valence-corrected chi connectivity index (χ0v) is 16.0. The Morgan fingerprint density at radius 2 is 1.68 bits per heavy atom. The quantitative estimate of drug-likeness (QED) is 0.822. The van der Waals surface area contributed by atoms with Gasteiger partial charge < -0.3 is 4.74 Å². The molecule has 0 aliphatic carbocycles. The summed E-state index contributed by atoms with van der Waals surface area (Å²) in [7, 11) is -3.78. The summed E-state index contributed by atoms with van der Waals surface area (Å²) in [6.07, 6.45) is 0. The maximum absolute atomic E-state index is 12.8. The van der Waals surface area contributed by atoms with E-state index in [4.69, 9.17) is 9.88 Å². The van der Waals surface area contributed by atoms with Crippen molar-refractivity contribution in [1.82, 2.24) is 0 Å². The number of halogens is 1. The number of rotatable bonds is 3.